The van der Waals surface area contributed by atoms with Crippen molar-refractivity contribution in [3.63, 3.8) is 0 Å². The van der Waals surface area contributed by atoms with Crippen LogP contribution in [0.3, 0.4) is 0 Å². The van der Waals surface area contributed by atoms with Gasteiger partial charge < -0.3 is 4.98 Å². The van der Waals surface area contributed by atoms with Gasteiger partial charge in [-0.3, -0.25) is 0 Å². The number of aromatic amines is 1. The molecule has 1 heterocycles. The molecule has 0 radical (unpaired) electrons. The zero-order valence-electron chi connectivity index (χ0n) is 11.2. The number of anilines is 1. The van der Waals surface area contributed by atoms with E-state index in [1.807, 2.05) is 24.3 Å². The van der Waals surface area contributed by atoms with Crippen LogP contribution < -0.4 is 5.43 Å². The second kappa shape index (κ2) is 5.51. The van der Waals surface area contributed by atoms with Crippen LogP contribution in [0.15, 0.2) is 53.6 Å². The van der Waals surface area contributed by atoms with Crippen LogP contribution in [0.2, 0.25) is 0 Å². The monoisotopic (exact) mass is 304 g/mol. The van der Waals surface area contributed by atoms with E-state index in [1.54, 1.807) is 6.07 Å². The molecule has 0 bridgehead atoms. The first-order valence-corrected chi connectivity index (χ1v) is 6.43. The topological polar surface area (TPSA) is 53.1 Å². The molecule has 0 aliphatic rings. The Bertz CT molecular complexity index is 788. The predicted octanol–water partition coefficient (Wildman–Crippen LogP) is 4.03. The smallest absolute Gasteiger partial charge is 0.323 e. The number of rotatable bonds is 3. The van der Waals surface area contributed by atoms with Crippen LogP contribution in [0.1, 0.15) is 11.1 Å². The third-order valence-electron chi connectivity index (χ3n) is 2.99. The Hall–Kier alpha value is -2.83. The summed E-state index contributed by atoms with van der Waals surface area (Å²) in [4.78, 5) is 7.24. The van der Waals surface area contributed by atoms with Crippen LogP contribution in [0, 0.1) is 0 Å². The van der Waals surface area contributed by atoms with Gasteiger partial charge in [0.15, 0.2) is 0 Å². The molecule has 4 nitrogen and oxygen atoms in total. The summed E-state index contributed by atoms with van der Waals surface area (Å²) in [6.07, 6.45) is -3.06. The molecule has 0 atom stereocenters. The molecule has 112 valence electrons. The molecule has 0 saturated carbocycles. The Morgan fingerprint density at radius 2 is 1.91 bits per heavy atom. The molecule has 0 fully saturated rings. The average Bonchev–Trinajstić information content (AvgIpc) is 2.89. The van der Waals surface area contributed by atoms with Gasteiger partial charge in [-0.1, -0.05) is 24.3 Å². The summed E-state index contributed by atoms with van der Waals surface area (Å²) in [6, 6.07) is 12.4. The summed E-state index contributed by atoms with van der Waals surface area (Å²) in [5.74, 6) is 0.421. The number of hydrazone groups is 1. The molecule has 0 unspecified atom stereocenters. The maximum atomic E-state index is 12.6. The molecule has 0 aliphatic heterocycles. The third kappa shape index (κ3) is 3.08. The number of imidazole rings is 1. The van der Waals surface area contributed by atoms with Gasteiger partial charge in [-0.2, -0.15) is 18.3 Å². The van der Waals surface area contributed by atoms with Crippen LogP contribution in [-0.4, -0.2) is 16.2 Å². The highest BCUT2D eigenvalue weighted by Gasteiger charge is 2.30. The van der Waals surface area contributed by atoms with Crippen molar-refractivity contribution in [2.45, 2.75) is 6.18 Å². The van der Waals surface area contributed by atoms with E-state index in [9.17, 15) is 13.2 Å². The number of hydrogen-bond acceptors (Lipinski definition) is 3. The molecule has 0 saturated heterocycles. The molecule has 0 spiro atoms. The van der Waals surface area contributed by atoms with Crippen LogP contribution >= 0.6 is 0 Å². The zero-order valence-corrected chi connectivity index (χ0v) is 11.2. The highest BCUT2D eigenvalue weighted by molar-refractivity contribution is 5.81. The number of nitrogens with zero attached hydrogens (tertiary/aromatic N) is 2. The Kier molecular flexibility index (Phi) is 3.54. The molecule has 0 aliphatic carbocycles. The molecule has 2 aromatic carbocycles. The van der Waals surface area contributed by atoms with Gasteiger partial charge in [0, 0.05) is 0 Å². The van der Waals surface area contributed by atoms with Gasteiger partial charge in [0.1, 0.15) is 0 Å². The van der Waals surface area contributed by atoms with Crippen molar-refractivity contribution in [1.29, 1.82) is 0 Å². The summed E-state index contributed by atoms with van der Waals surface area (Å²) in [6.45, 7) is 0. The lowest BCUT2D eigenvalue weighted by atomic mass is 10.1. The predicted molar refractivity (Wildman–Crippen MR) is 78.8 cm³/mol. The van der Waals surface area contributed by atoms with Crippen LogP contribution in [-0.2, 0) is 6.18 Å². The van der Waals surface area contributed by atoms with E-state index in [1.165, 1.54) is 12.3 Å². The summed E-state index contributed by atoms with van der Waals surface area (Å²) in [5, 5.41) is 3.89. The Labute approximate surface area is 123 Å². The van der Waals surface area contributed by atoms with Crippen molar-refractivity contribution < 1.29 is 13.2 Å². The first-order valence-electron chi connectivity index (χ1n) is 6.43. The minimum Gasteiger partial charge on any atom is -0.323 e. The minimum absolute atomic E-state index is 0.346. The Morgan fingerprint density at radius 1 is 1.09 bits per heavy atom. The minimum atomic E-state index is -4.37. The van der Waals surface area contributed by atoms with Crippen molar-refractivity contribution >= 4 is 23.2 Å². The van der Waals surface area contributed by atoms with Gasteiger partial charge in [0.2, 0.25) is 5.95 Å². The molecule has 3 aromatic rings. The van der Waals surface area contributed by atoms with Gasteiger partial charge >= 0.3 is 6.18 Å². The van der Waals surface area contributed by atoms with Crippen LogP contribution in [0.5, 0.6) is 0 Å². The quantitative estimate of drug-likeness (QED) is 0.567. The average molecular weight is 304 g/mol. The maximum Gasteiger partial charge on any atom is 0.416 e. The van der Waals surface area contributed by atoms with E-state index in [0.29, 0.717) is 11.5 Å². The fraction of sp³-hybridized carbons (Fsp3) is 0.0667. The lowest BCUT2D eigenvalue weighted by Gasteiger charge is -2.06. The van der Waals surface area contributed by atoms with Crippen molar-refractivity contribution in [3.8, 4) is 0 Å². The van der Waals surface area contributed by atoms with Gasteiger partial charge in [-0.05, 0) is 29.8 Å². The van der Waals surface area contributed by atoms with E-state index in [0.717, 1.165) is 23.2 Å². The van der Waals surface area contributed by atoms with Crippen molar-refractivity contribution in [2.75, 3.05) is 5.43 Å². The molecule has 2 N–H and O–H groups in total. The summed E-state index contributed by atoms with van der Waals surface area (Å²) < 4.78 is 37.8. The molecular formula is C15H11F3N4. The third-order valence-corrected chi connectivity index (χ3v) is 2.99. The normalized spacial score (nSPS) is 12.1. The molecule has 1 aromatic heterocycles. The van der Waals surface area contributed by atoms with Crippen LogP contribution in [0.4, 0.5) is 19.1 Å². The number of halogens is 3. The van der Waals surface area contributed by atoms with Gasteiger partial charge in [0.25, 0.3) is 0 Å². The van der Waals surface area contributed by atoms with E-state index in [-0.39, 0.29) is 0 Å². The van der Waals surface area contributed by atoms with Crippen molar-refractivity contribution in [3.05, 3.63) is 59.7 Å². The van der Waals surface area contributed by atoms with Gasteiger partial charge in [-0.25, -0.2) is 10.4 Å². The Morgan fingerprint density at radius 3 is 2.68 bits per heavy atom. The number of para-hydroxylation sites is 2. The standard InChI is InChI=1S/C15H11F3N4/c16-15(17,18)11-5-3-4-10(8-11)9-19-22-14-20-12-6-1-2-7-13(12)21-14/h1-9H,(H2,20,21,22)/b19-9-. The molecule has 22 heavy (non-hydrogen) atoms. The second-order valence-corrected chi connectivity index (χ2v) is 4.60. The van der Waals surface area contributed by atoms with Crippen molar-refractivity contribution in [2.24, 2.45) is 5.10 Å². The van der Waals surface area contributed by atoms with E-state index in [4.69, 9.17) is 0 Å². The molecule has 0 amide bonds. The number of benzene rings is 2. The second-order valence-electron chi connectivity index (χ2n) is 4.60. The molecular weight excluding hydrogens is 293 g/mol. The highest BCUT2D eigenvalue weighted by Crippen LogP contribution is 2.29. The van der Waals surface area contributed by atoms with Gasteiger partial charge in [-0.15, -0.1) is 0 Å². The van der Waals surface area contributed by atoms with E-state index >= 15 is 0 Å². The highest BCUT2D eigenvalue weighted by atomic mass is 19.4. The first kappa shape index (κ1) is 14.1. The van der Waals surface area contributed by atoms with Gasteiger partial charge in [0.05, 0.1) is 22.8 Å². The first-order chi connectivity index (χ1) is 10.5. The largest absolute Gasteiger partial charge is 0.416 e. The van der Waals surface area contributed by atoms with E-state index in [2.05, 4.69) is 20.5 Å². The number of H-pyrrole nitrogens is 1. The number of alkyl halides is 3. The zero-order chi connectivity index (χ0) is 15.6. The number of aromatic nitrogens is 2. The Balaban J connectivity index is 1.74. The summed E-state index contributed by atoms with van der Waals surface area (Å²) in [5.41, 5.74) is 3.92. The fourth-order valence-corrected chi connectivity index (χ4v) is 1.97. The van der Waals surface area contributed by atoms with Crippen LogP contribution in [0.25, 0.3) is 11.0 Å². The molecule has 3 rings (SSSR count). The lowest BCUT2D eigenvalue weighted by Crippen LogP contribution is -2.05. The molecule has 7 heteroatoms. The lowest BCUT2D eigenvalue weighted by molar-refractivity contribution is -0.137. The van der Waals surface area contributed by atoms with Crippen molar-refractivity contribution in [1.82, 2.24) is 9.97 Å². The number of hydrogen-bond donors (Lipinski definition) is 2. The summed E-state index contributed by atoms with van der Waals surface area (Å²) in [7, 11) is 0. The SMILES string of the molecule is FC(F)(F)c1cccc(/C=N\Nc2nc3ccccc3[nH]2)c1. The fourth-order valence-electron chi connectivity index (χ4n) is 1.97. The maximum absolute atomic E-state index is 12.6. The summed E-state index contributed by atoms with van der Waals surface area (Å²) >= 11 is 0. The number of fused-ring (bicyclic) bond motifs is 1. The number of nitrogens with one attached hydrogen (secondary N) is 2. The van der Waals surface area contributed by atoms with E-state index < -0.39 is 11.7 Å².